The number of esters is 1. The molecule has 0 aliphatic carbocycles. The highest BCUT2D eigenvalue weighted by atomic mass is 32.2. The van der Waals surface area contributed by atoms with E-state index in [-0.39, 0.29) is 11.7 Å². The van der Waals surface area contributed by atoms with Crippen LogP contribution in [0.3, 0.4) is 0 Å². The van der Waals surface area contributed by atoms with Gasteiger partial charge in [0, 0.05) is 6.07 Å². The van der Waals surface area contributed by atoms with Crippen molar-refractivity contribution in [2.24, 2.45) is 0 Å². The molecule has 2 aromatic rings. The van der Waals surface area contributed by atoms with Crippen LogP contribution >= 0.6 is 11.8 Å². The molecule has 6 nitrogen and oxygen atoms in total. The van der Waals surface area contributed by atoms with Crippen molar-refractivity contribution in [1.82, 2.24) is 5.32 Å². The minimum absolute atomic E-state index is 0.0747. The Morgan fingerprint density at radius 3 is 2.61 bits per heavy atom. The Morgan fingerprint density at radius 2 is 1.96 bits per heavy atom. The Balaban J connectivity index is 2.09. The number of carbonyl (C=O) groups is 2. The van der Waals surface area contributed by atoms with Crippen LogP contribution in [0.5, 0.6) is 11.7 Å². The summed E-state index contributed by atoms with van der Waals surface area (Å²) in [5.41, 5.74) is 2.12. The number of nitrogens with one attached hydrogen (secondary N) is 1. The fraction of sp³-hybridized carbons (Fsp3) is 0.429. The molecule has 0 radical (unpaired) electrons. The predicted molar refractivity (Wildman–Crippen MR) is 110 cm³/mol. The third-order valence-electron chi connectivity index (χ3n) is 4.30. The number of carbonyl (C=O) groups excluding carboxylic acids is 2. The quantitative estimate of drug-likeness (QED) is 0.618. The van der Waals surface area contributed by atoms with Crippen molar-refractivity contribution in [2.75, 3.05) is 19.1 Å². The van der Waals surface area contributed by atoms with E-state index in [1.54, 1.807) is 17.8 Å². The average Bonchev–Trinajstić information content (AvgIpc) is 3.14. The van der Waals surface area contributed by atoms with Gasteiger partial charge in [-0.2, -0.15) is 11.8 Å². The third-order valence-corrected chi connectivity index (χ3v) is 4.94. The maximum atomic E-state index is 12.4. The van der Waals surface area contributed by atoms with Crippen LogP contribution in [0.25, 0.3) is 0 Å². The van der Waals surface area contributed by atoms with Crippen molar-refractivity contribution in [3.63, 3.8) is 0 Å². The third kappa shape index (κ3) is 5.79. The Hall–Kier alpha value is -2.41. The monoisotopic (exact) mass is 405 g/mol. The largest absolute Gasteiger partial charge is 0.467 e. The molecule has 0 bridgehead atoms. The number of furan rings is 1. The van der Waals surface area contributed by atoms with Crippen molar-refractivity contribution >= 4 is 23.6 Å². The van der Waals surface area contributed by atoms with Gasteiger partial charge in [-0.25, -0.2) is 4.79 Å². The van der Waals surface area contributed by atoms with E-state index in [9.17, 15) is 9.59 Å². The van der Waals surface area contributed by atoms with Crippen LogP contribution in [0.2, 0.25) is 0 Å². The zero-order chi connectivity index (χ0) is 20.7. The zero-order valence-electron chi connectivity index (χ0n) is 16.9. The van der Waals surface area contributed by atoms with Gasteiger partial charge in [-0.15, -0.1) is 0 Å². The summed E-state index contributed by atoms with van der Waals surface area (Å²) < 4.78 is 16.1. The van der Waals surface area contributed by atoms with E-state index in [1.807, 2.05) is 25.3 Å². The number of thioether (sulfide) groups is 1. The molecule has 0 spiro atoms. The molecule has 0 aliphatic heterocycles. The van der Waals surface area contributed by atoms with Gasteiger partial charge < -0.3 is 19.2 Å². The van der Waals surface area contributed by atoms with Crippen molar-refractivity contribution in [2.45, 2.75) is 39.2 Å². The number of ether oxygens (including phenoxy) is 2. The molecule has 7 heteroatoms. The van der Waals surface area contributed by atoms with E-state index < -0.39 is 17.9 Å². The molecule has 152 valence electrons. The second-order valence-electron chi connectivity index (χ2n) is 6.73. The number of hydrogen-bond acceptors (Lipinski definition) is 6. The van der Waals surface area contributed by atoms with E-state index in [1.165, 1.54) is 13.2 Å². The van der Waals surface area contributed by atoms with Crippen LogP contribution in [0, 0.1) is 6.92 Å². The van der Waals surface area contributed by atoms with Crippen LogP contribution in [-0.4, -0.2) is 37.0 Å². The topological polar surface area (TPSA) is 77.8 Å². The van der Waals surface area contributed by atoms with Crippen LogP contribution in [0.1, 0.15) is 47.9 Å². The summed E-state index contributed by atoms with van der Waals surface area (Å²) >= 11 is 1.59. The molecule has 28 heavy (non-hydrogen) atoms. The van der Waals surface area contributed by atoms with Gasteiger partial charge in [0.25, 0.3) is 11.9 Å². The summed E-state index contributed by atoms with van der Waals surface area (Å²) in [5.74, 6) is 1.10. The molecule has 1 amide bonds. The summed E-state index contributed by atoms with van der Waals surface area (Å²) in [6.07, 6.45) is 2.41. The fourth-order valence-corrected chi connectivity index (χ4v) is 3.02. The minimum atomic E-state index is -0.718. The van der Waals surface area contributed by atoms with Crippen LogP contribution in [0.15, 0.2) is 34.7 Å². The van der Waals surface area contributed by atoms with E-state index in [0.29, 0.717) is 18.1 Å². The highest BCUT2D eigenvalue weighted by Crippen LogP contribution is 2.29. The van der Waals surface area contributed by atoms with E-state index in [2.05, 4.69) is 25.2 Å². The van der Waals surface area contributed by atoms with Gasteiger partial charge in [-0.3, -0.25) is 4.79 Å². The van der Waals surface area contributed by atoms with Gasteiger partial charge in [0.1, 0.15) is 11.8 Å². The molecule has 1 atom stereocenters. The van der Waals surface area contributed by atoms with Crippen LogP contribution in [0.4, 0.5) is 0 Å². The molecular weight excluding hydrogens is 378 g/mol. The number of amides is 1. The maximum absolute atomic E-state index is 12.4. The molecule has 1 N–H and O–H groups in total. The van der Waals surface area contributed by atoms with Gasteiger partial charge >= 0.3 is 5.97 Å². The summed E-state index contributed by atoms with van der Waals surface area (Å²) in [5, 5.41) is 2.66. The van der Waals surface area contributed by atoms with Crippen molar-refractivity contribution < 1.29 is 23.5 Å². The van der Waals surface area contributed by atoms with Gasteiger partial charge in [0.05, 0.1) is 7.11 Å². The van der Waals surface area contributed by atoms with Crippen molar-refractivity contribution in [1.29, 1.82) is 0 Å². The minimum Gasteiger partial charge on any atom is -0.467 e. The molecule has 1 aromatic carbocycles. The first kappa shape index (κ1) is 21.9. The van der Waals surface area contributed by atoms with Crippen LogP contribution < -0.4 is 10.1 Å². The first-order valence-electron chi connectivity index (χ1n) is 9.11. The first-order chi connectivity index (χ1) is 13.3. The second kappa shape index (κ2) is 10.2. The summed E-state index contributed by atoms with van der Waals surface area (Å²) in [6, 6.07) is 8.42. The number of methoxy groups -OCH3 is 1. The zero-order valence-corrected chi connectivity index (χ0v) is 17.7. The molecule has 1 heterocycles. The summed E-state index contributed by atoms with van der Waals surface area (Å²) in [6.45, 7) is 6.17. The van der Waals surface area contributed by atoms with Crippen LogP contribution in [-0.2, 0) is 9.53 Å². The van der Waals surface area contributed by atoms with E-state index in [4.69, 9.17) is 13.9 Å². The molecule has 0 saturated heterocycles. The lowest BCUT2D eigenvalue weighted by molar-refractivity contribution is -0.142. The Bertz CT molecular complexity index is 815. The van der Waals surface area contributed by atoms with Gasteiger partial charge in [-0.05, 0) is 54.5 Å². The second-order valence-corrected chi connectivity index (χ2v) is 7.72. The van der Waals surface area contributed by atoms with Gasteiger partial charge in [-0.1, -0.05) is 26.0 Å². The standard InChI is InChI=1S/C21H27NO5S/c1-13(2)15-7-6-14(3)18(12-15)27-19-9-8-17(26-19)20(23)22-16(10-11-28-5)21(24)25-4/h6-9,12-13,16H,10-11H2,1-5H3,(H,22,23). The Morgan fingerprint density at radius 1 is 1.21 bits per heavy atom. The number of aryl methyl sites for hydroxylation is 1. The molecule has 1 unspecified atom stereocenters. The lowest BCUT2D eigenvalue weighted by Gasteiger charge is -2.15. The van der Waals surface area contributed by atoms with E-state index in [0.717, 1.165) is 16.9 Å². The van der Waals surface area contributed by atoms with E-state index >= 15 is 0 Å². The molecule has 0 saturated carbocycles. The summed E-state index contributed by atoms with van der Waals surface area (Å²) in [4.78, 5) is 24.3. The first-order valence-corrected chi connectivity index (χ1v) is 10.5. The normalized spacial score (nSPS) is 11.9. The number of benzene rings is 1. The fourth-order valence-electron chi connectivity index (χ4n) is 2.55. The van der Waals surface area contributed by atoms with Gasteiger partial charge in [0.15, 0.2) is 5.76 Å². The molecule has 2 rings (SSSR count). The number of rotatable bonds is 9. The molecular formula is C21H27NO5S. The highest BCUT2D eigenvalue weighted by Gasteiger charge is 2.23. The SMILES string of the molecule is COC(=O)C(CCSC)NC(=O)c1ccc(Oc2cc(C(C)C)ccc2C)o1. The van der Waals surface area contributed by atoms with Crippen molar-refractivity contribution in [3.05, 3.63) is 47.2 Å². The summed E-state index contributed by atoms with van der Waals surface area (Å²) in [7, 11) is 1.30. The highest BCUT2D eigenvalue weighted by molar-refractivity contribution is 7.98. The predicted octanol–water partition coefficient (Wildman–Crippen LogP) is 4.53. The number of hydrogen-bond donors (Lipinski definition) is 1. The maximum Gasteiger partial charge on any atom is 0.328 e. The lowest BCUT2D eigenvalue weighted by Crippen LogP contribution is -2.41. The molecule has 1 aromatic heterocycles. The Kier molecular flexibility index (Phi) is 7.99. The Labute approximate surface area is 170 Å². The lowest BCUT2D eigenvalue weighted by atomic mass is 10.0. The van der Waals surface area contributed by atoms with Crippen molar-refractivity contribution in [3.8, 4) is 11.7 Å². The molecule has 0 aliphatic rings. The molecule has 0 fully saturated rings. The van der Waals surface area contributed by atoms with Gasteiger partial charge in [0.2, 0.25) is 0 Å². The average molecular weight is 406 g/mol. The smallest absolute Gasteiger partial charge is 0.328 e.